The lowest BCUT2D eigenvalue weighted by atomic mass is 10.2. The van der Waals surface area contributed by atoms with E-state index in [2.05, 4.69) is 37.2 Å². The van der Waals surface area contributed by atoms with Crippen molar-refractivity contribution >= 4 is 54.8 Å². The summed E-state index contributed by atoms with van der Waals surface area (Å²) in [6.07, 6.45) is 0. The standard InChI is InChI=1S/C13H9Br2ClN2O2/c14-9-3-8(4-11(5-9)18(19)20)7-17-13-2-1-10(16)6-12(13)15/h1-6,17H,7H2. The Kier molecular flexibility index (Phi) is 5.01. The molecule has 0 aliphatic rings. The third kappa shape index (κ3) is 3.94. The molecule has 0 atom stereocenters. The molecule has 0 amide bonds. The lowest BCUT2D eigenvalue weighted by Gasteiger charge is -2.09. The van der Waals surface area contributed by atoms with Crippen molar-refractivity contribution in [2.45, 2.75) is 6.54 Å². The fraction of sp³-hybridized carbons (Fsp3) is 0.0769. The topological polar surface area (TPSA) is 55.2 Å². The Morgan fingerprint density at radius 3 is 2.60 bits per heavy atom. The summed E-state index contributed by atoms with van der Waals surface area (Å²) in [7, 11) is 0. The lowest BCUT2D eigenvalue weighted by molar-refractivity contribution is -0.385. The van der Waals surface area contributed by atoms with Gasteiger partial charge in [0.15, 0.2) is 0 Å². The third-order valence-corrected chi connectivity index (χ3v) is 3.92. The first-order valence-electron chi connectivity index (χ1n) is 5.58. The minimum absolute atomic E-state index is 0.0614. The van der Waals surface area contributed by atoms with E-state index in [-0.39, 0.29) is 5.69 Å². The van der Waals surface area contributed by atoms with E-state index < -0.39 is 4.92 Å². The number of nitrogens with zero attached hydrogens (tertiary/aromatic N) is 1. The number of nitro groups is 1. The molecule has 7 heteroatoms. The van der Waals surface area contributed by atoms with E-state index >= 15 is 0 Å². The van der Waals surface area contributed by atoms with Crippen LogP contribution in [0, 0.1) is 10.1 Å². The Labute approximate surface area is 137 Å². The van der Waals surface area contributed by atoms with Gasteiger partial charge in [-0.1, -0.05) is 27.5 Å². The van der Waals surface area contributed by atoms with Gasteiger partial charge in [0.1, 0.15) is 0 Å². The van der Waals surface area contributed by atoms with Crippen LogP contribution >= 0.6 is 43.5 Å². The summed E-state index contributed by atoms with van der Waals surface area (Å²) in [5, 5.41) is 14.7. The molecule has 2 rings (SSSR count). The van der Waals surface area contributed by atoms with Crippen LogP contribution in [0.4, 0.5) is 11.4 Å². The van der Waals surface area contributed by atoms with Crippen molar-refractivity contribution in [2.24, 2.45) is 0 Å². The molecule has 0 saturated carbocycles. The van der Waals surface area contributed by atoms with Crippen molar-refractivity contribution in [3.63, 3.8) is 0 Å². The molecule has 2 aromatic carbocycles. The summed E-state index contributed by atoms with van der Waals surface area (Å²) in [6, 6.07) is 10.3. The van der Waals surface area contributed by atoms with Crippen LogP contribution in [-0.2, 0) is 6.54 Å². The highest BCUT2D eigenvalue weighted by atomic mass is 79.9. The number of rotatable bonds is 4. The average Bonchev–Trinajstić information content (AvgIpc) is 2.37. The van der Waals surface area contributed by atoms with Crippen LogP contribution in [-0.4, -0.2) is 4.92 Å². The minimum Gasteiger partial charge on any atom is -0.380 e. The number of nitro benzene ring substituents is 1. The summed E-state index contributed by atoms with van der Waals surface area (Å²) in [5.41, 5.74) is 1.75. The number of non-ortho nitro benzene ring substituents is 1. The zero-order chi connectivity index (χ0) is 14.7. The number of benzene rings is 2. The second-order valence-corrected chi connectivity index (χ2v) is 6.26. The molecular formula is C13H9Br2ClN2O2. The summed E-state index contributed by atoms with van der Waals surface area (Å²) >= 11 is 12.6. The average molecular weight is 420 g/mol. The largest absolute Gasteiger partial charge is 0.380 e. The molecule has 0 unspecified atom stereocenters. The minimum atomic E-state index is -0.410. The molecule has 0 aliphatic heterocycles. The second-order valence-electron chi connectivity index (χ2n) is 4.05. The molecule has 0 bridgehead atoms. The zero-order valence-electron chi connectivity index (χ0n) is 10.1. The lowest BCUT2D eigenvalue weighted by Crippen LogP contribution is -2.01. The predicted molar refractivity (Wildman–Crippen MR) is 87.3 cm³/mol. The molecule has 2 aromatic rings. The van der Waals surface area contributed by atoms with E-state index in [9.17, 15) is 10.1 Å². The second kappa shape index (κ2) is 6.56. The highest BCUT2D eigenvalue weighted by Crippen LogP contribution is 2.27. The van der Waals surface area contributed by atoms with Crippen molar-refractivity contribution in [1.29, 1.82) is 0 Å². The number of nitrogens with one attached hydrogen (secondary N) is 1. The summed E-state index contributed by atoms with van der Waals surface area (Å²) in [4.78, 5) is 10.4. The van der Waals surface area contributed by atoms with Crippen LogP contribution in [0.3, 0.4) is 0 Å². The van der Waals surface area contributed by atoms with Crippen LogP contribution in [0.5, 0.6) is 0 Å². The van der Waals surface area contributed by atoms with Crippen molar-refractivity contribution in [1.82, 2.24) is 0 Å². The molecule has 0 saturated heterocycles. The Balaban J connectivity index is 2.16. The monoisotopic (exact) mass is 418 g/mol. The molecule has 1 N–H and O–H groups in total. The van der Waals surface area contributed by atoms with Gasteiger partial charge in [-0.05, 0) is 45.8 Å². The van der Waals surface area contributed by atoms with Crippen molar-refractivity contribution in [3.8, 4) is 0 Å². The first-order chi connectivity index (χ1) is 9.45. The Morgan fingerprint density at radius 1 is 1.20 bits per heavy atom. The molecule has 0 aromatic heterocycles. The fourth-order valence-corrected chi connectivity index (χ4v) is 3.02. The van der Waals surface area contributed by atoms with E-state index in [1.807, 2.05) is 12.1 Å². The zero-order valence-corrected chi connectivity index (χ0v) is 14.0. The maximum absolute atomic E-state index is 10.8. The molecule has 0 radical (unpaired) electrons. The smallest absolute Gasteiger partial charge is 0.270 e. The van der Waals surface area contributed by atoms with Crippen LogP contribution in [0.25, 0.3) is 0 Å². The third-order valence-electron chi connectivity index (χ3n) is 2.57. The van der Waals surface area contributed by atoms with Crippen LogP contribution in [0.15, 0.2) is 45.3 Å². The van der Waals surface area contributed by atoms with Gasteiger partial charge in [0.25, 0.3) is 5.69 Å². The summed E-state index contributed by atoms with van der Waals surface area (Å²) in [6.45, 7) is 0.473. The van der Waals surface area contributed by atoms with Gasteiger partial charge < -0.3 is 5.32 Å². The first kappa shape index (κ1) is 15.3. The van der Waals surface area contributed by atoms with Gasteiger partial charge in [-0.2, -0.15) is 0 Å². The first-order valence-corrected chi connectivity index (χ1v) is 7.55. The molecular weight excluding hydrogens is 411 g/mol. The van der Waals surface area contributed by atoms with Crippen LogP contribution < -0.4 is 5.32 Å². The summed E-state index contributed by atoms with van der Waals surface area (Å²) in [5.74, 6) is 0. The number of hydrogen-bond donors (Lipinski definition) is 1. The van der Waals surface area contributed by atoms with Gasteiger partial charge in [-0.25, -0.2) is 0 Å². The fourth-order valence-electron chi connectivity index (χ4n) is 1.67. The maximum atomic E-state index is 10.8. The van der Waals surface area contributed by atoms with Gasteiger partial charge in [0.2, 0.25) is 0 Å². The Bertz CT molecular complexity index is 665. The Morgan fingerprint density at radius 2 is 1.95 bits per heavy atom. The molecule has 0 fully saturated rings. The molecule has 0 heterocycles. The number of hydrogen-bond acceptors (Lipinski definition) is 3. The van der Waals surface area contributed by atoms with Crippen LogP contribution in [0.2, 0.25) is 5.02 Å². The van der Waals surface area contributed by atoms with Crippen molar-refractivity contribution in [3.05, 3.63) is 66.0 Å². The highest BCUT2D eigenvalue weighted by molar-refractivity contribution is 9.10. The number of halogens is 3. The van der Waals surface area contributed by atoms with E-state index in [0.29, 0.717) is 16.0 Å². The summed E-state index contributed by atoms with van der Waals surface area (Å²) < 4.78 is 1.52. The van der Waals surface area contributed by atoms with Gasteiger partial charge in [-0.15, -0.1) is 0 Å². The van der Waals surface area contributed by atoms with Gasteiger partial charge in [0, 0.05) is 38.3 Å². The van der Waals surface area contributed by atoms with Gasteiger partial charge >= 0.3 is 0 Å². The van der Waals surface area contributed by atoms with Crippen molar-refractivity contribution in [2.75, 3.05) is 5.32 Å². The van der Waals surface area contributed by atoms with Crippen molar-refractivity contribution < 1.29 is 4.92 Å². The quantitative estimate of drug-likeness (QED) is 0.533. The van der Waals surface area contributed by atoms with E-state index in [1.165, 1.54) is 6.07 Å². The maximum Gasteiger partial charge on any atom is 0.270 e. The molecule has 0 aliphatic carbocycles. The van der Waals surface area contributed by atoms with Gasteiger partial charge in [-0.3, -0.25) is 10.1 Å². The van der Waals surface area contributed by atoms with E-state index in [1.54, 1.807) is 18.2 Å². The predicted octanol–water partition coefficient (Wildman–Crippen LogP) is 5.39. The SMILES string of the molecule is O=[N+]([O-])c1cc(Br)cc(CNc2ccc(Cl)cc2Br)c1. The van der Waals surface area contributed by atoms with E-state index in [4.69, 9.17) is 11.6 Å². The molecule has 20 heavy (non-hydrogen) atoms. The number of anilines is 1. The molecule has 104 valence electrons. The molecule has 0 spiro atoms. The van der Waals surface area contributed by atoms with Crippen LogP contribution in [0.1, 0.15) is 5.56 Å². The van der Waals surface area contributed by atoms with E-state index in [0.717, 1.165) is 15.7 Å². The Hall–Kier alpha value is -1.11. The molecule has 4 nitrogen and oxygen atoms in total. The normalized spacial score (nSPS) is 10.3. The highest BCUT2D eigenvalue weighted by Gasteiger charge is 2.09. The van der Waals surface area contributed by atoms with Gasteiger partial charge in [0.05, 0.1) is 4.92 Å².